The first-order chi connectivity index (χ1) is 8.16. The monoisotopic (exact) mass is 239 g/mol. The molecular formula is C13H25N3O. The molecule has 2 aliphatic rings. The lowest BCUT2D eigenvalue weighted by molar-refractivity contribution is -0.131. The predicted molar refractivity (Wildman–Crippen MR) is 68.9 cm³/mol. The van der Waals surface area contributed by atoms with Crippen molar-refractivity contribution in [3.05, 3.63) is 0 Å². The molecule has 1 heterocycles. The summed E-state index contributed by atoms with van der Waals surface area (Å²) < 4.78 is 0. The molecule has 2 rings (SSSR count). The number of likely N-dealkylation sites (N-methyl/N-ethyl adjacent to an activating group) is 2. The molecule has 0 aromatic rings. The Morgan fingerprint density at radius 2 is 2.00 bits per heavy atom. The van der Waals surface area contributed by atoms with Gasteiger partial charge in [-0.1, -0.05) is 6.42 Å². The Kier molecular flexibility index (Phi) is 4.40. The van der Waals surface area contributed by atoms with Crippen LogP contribution in [0.3, 0.4) is 0 Å². The van der Waals surface area contributed by atoms with Gasteiger partial charge in [0.1, 0.15) is 0 Å². The summed E-state index contributed by atoms with van der Waals surface area (Å²) in [7, 11) is 3.99. The first kappa shape index (κ1) is 12.8. The van der Waals surface area contributed by atoms with E-state index < -0.39 is 0 Å². The Bertz CT molecular complexity index is 259. The first-order valence-electron chi connectivity index (χ1n) is 6.84. The first-order valence-corrected chi connectivity index (χ1v) is 6.84. The maximum Gasteiger partial charge on any atom is 0.236 e. The molecular weight excluding hydrogens is 214 g/mol. The van der Waals surface area contributed by atoms with Crippen molar-refractivity contribution in [1.82, 2.24) is 15.1 Å². The highest BCUT2D eigenvalue weighted by Gasteiger charge is 2.29. The van der Waals surface area contributed by atoms with Gasteiger partial charge >= 0.3 is 0 Å². The van der Waals surface area contributed by atoms with Crippen LogP contribution in [-0.4, -0.2) is 61.5 Å². The van der Waals surface area contributed by atoms with Crippen molar-refractivity contribution in [2.75, 3.05) is 33.7 Å². The summed E-state index contributed by atoms with van der Waals surface area (Å²) >= 11 is 0. The zero-order chi connectivity index (χ0) is 12.3. The Hall–Kier alpha value is -0.610. The third kappa shape index (κ3) is 3.96. The van der Waals surface area contributed by atoms with E-state index in [9.17, 15) is 4.79 Å². The molecule has 0 aromatic carbocycles. The molecule has 1 atom stereocenters. The fourth-order valence-corrected chi connectivity index (χ4v) is 2.53. The Morgan fingerprint density at radius 3 is 2.59 bits per heavy atom. The van der Waals surface area contributed by atoms with Crippen molar-refractivity contribution >= 4 is 5.91 Å². The molecule has 0 spiro atoms. The third-order valence-electron chi connectivity index (χ3n) is 3.84. The van der Waals surface area contributed by atoms with E-state index in [-0.39, 0.29) is 5.91 Å². The highest BCUT2D eigenvalue weighted by Crippen LogP contribution is 2.25. The molecule has 0 aromatic heterocycles. The van der Waals surface area contributed by atoms with Crippen LogP contribution in [0.4, 0.5) is 0 Å². The number of rotatable bonds is 5. The highest BCUT2D eigenvalue weighted by atomic mass is 16.2. The van der Waals surface area contributed by atoms with Crippen LogP contribution in [0.1, 0.15) is 32.1 Å². The van der Waals surface area contributed by atoms with Crippen LogP contribution in [0.5, 0.6) is 0 Å². The minimum Gasteiger partial charge on any atom is -0.342 e. The van der Waals surface area contributed by atoms with Gasteiger partial charge in [0.05, 0.1) is 6.54 Å². The van der Waals surface area contributed by atoms with Gasteiger partial charge in [0, 0.05) is 25.7 Å². The summed E-state index contributed by atoms with van der Waals surface area (Å²) in [5, 5.41) is 3.52. The standard InChI is InChI=1S/C13H25N3O/c1-15(9-11-5-3-4-8-14-11)10-13(17)16(2)12-6-7-12/h11-12,14H,3-10H2,1-2H3. The lowest BCUT2D eigenvalue weighted by Crippen LogP contribution is -2.45. The largest absolute Gasteiger partial charge is 0.342 e. The Balaban J connectivity index is 1.68. The van der Waals surface area contributed by atoms with E-state index in [2.05, 4.69) is 17.3 Å². The topological polar surface area (TPSA) is 35.6 Å². The summed E-state index contributed by atoms with van der Waals surface area (Å²) in [6.45, 7) is 2.68. The highest BCUT2D eigenvalue weighted by molar-refractivity contribution is 5.78. The molecule has 4 nitrogen and oxygen atoms in total. The maximum atomic E-state index is 11.9. The molecule has 1 saturated heterocycles. The quantitative estimate of drug-likeness (QED) is 0.766. The Labute approximate surface area is 104 Å². The van der Waals surface area contributed by atoms with Gasteiger partial charge in [-0.3, -0.25) is 9.69 Å². The van der Waals surface area contributed by atoms with Gasteiger partial charge < -0.3 is 10.2 Å². The van der Waals surface area contributed by atoms with Gasteiger partial charge in [0.15, 0.2) is 0 Å². The van der Waals surface area contributed by atoms with Crippen molar-refractivity contribution in [2.24, 2.45) is 0 Å². The van der Waals surface area contributed by atoms with Crippen LogP contribution in [0, 0.1) is 0 Å². The fourth-order valence-electron chi connectivity index (χ4n) is 2.53. The number of hydrogen-bond donors (Lipinski definition) is 1. The molecule has 1 aliphatic carbocycles. The smallest absolute Gasteiger partial charge is 0.236 e. The predicted octanol–water partition coefficient (Wildman–Crippen LogP) is 0.681. The summed E-state index contributed by atoms with van der Waals surface area (Å²) in [6, 6.07) is 1.11. The lowest BCUT2D eigenvalue weighted by atomic mass is 10.0. The van der Waals surface area contributed by atoms with Crippen molar-refractivity contribution in [1.29, 1.82) is 0 Å². The number of carbonyl (C=O) groups is 1. The number of amides is 1. The van der Waals surface area contributed by atoms with Crippen LogP contribution in [0.25, 0.3) is 0 Å². The number of nitrogens with one attached hydrogen (secondary N) is 1. The second-order valence-electron chi connectivity index (χ2n) is 5.58. The van der Waals surface area contributed by atoms with Crippen molar-refractivity contribution < 1.29 is 4.79 Å². The van der Waals surface area contributed by atoms with Gasteiger partial charge in [-0.15, -0.1) is 0 Å². The van der Waals surface area contributed by atoms with E-state index in [0.717, 1.165) is 13.1 Å². The van der Waals surface area contributed by atoms with E-state index in [0.29, 0.717) is 18.6 Å². The molecule has 1 amide bonds. The summed E-state index contributed by atoms with van der Waals surface area (Å²) in [5.41, 5.74) is 0. The maximum absolute atomic E-state index is 11.9. The number of nitrogens with zero attached hydrogens (tertiary/aromatic N) is 2. The molecule has 2 fully saturated rings. The molecule has 1 unspecified atom stereocenters. The van der Waals surface area contributed by atoms with Gasteiger partial charge in [-0.2, -0.15) is 0 Å². The van der Waals surface area contributed by atoms with Gasteiger partial charge in [-0.25, -0.2) is 0 Å². The molecule has 0 radical (unpaired) electrons. The summed E-state index contributed by atoms with van der Waals surface area (Å²) in [5.74, 6) is 0.269. The second kappa shape index (κ2) is 5.83. The minimum atomic E-state index is 0.269. The molecule has 1 saturated carbocycles. The van der Waals surface area contributed by atoms with Gasteiger partial charge in [0.25, 0.3) is 0 Å². The van der Waals surface area contributed by atoms with Crippen LogP contribution in [0.15, 0.2) is 0 Å². The van der Waals surface area contributed by atoms with E-state index >= 15 is 0 Å². The van der Waals surface area contributed by atoms with E-state index in [1.807, 2.05) is 11.9 Å². The minimum absolute atomic E-state index is 0.269. The number of carbonyl (C=O) groups excluding carboxylic acids is 1. The third-order valence-corrected chi connectivity index (χ3v) is 3.84. The van der Waals surface area contributed by atoms with Gasteiger partial charge in [-0.05, 0) is 39.3 Å². The lowest BCUT2D eigenvalue weighted by Gasteiger charge is -2.29. The molecule has 98 valence electrons. The normalized spacial score (nSPS) is 25.0. The van der Waals surface area contributed by atoms with Gasteiger partial charge in [0.2, 0.25) is 5.91 Å². The van der Waals surface area contributed by atoms with Crippen LogP contribution >= 0.6 is 0 Å². The molecule has 17 heavy (non-hydrogen) atoms. The average Bonchev–Trinajstić information content (AvgIpc) is 3.13. The molecule has 0 bridgehead atoms. The number of hydrogen-bond acceptors (Lipinski definition) is 3. The number of piperidine rings is 1. The molecule has 4 heteroatoms. The zero-order valence-electron chi connectivity index (χ0n) is 11.1. The zero-order valence-corrected chi connectivity index (χ0v) is 11.1. The van der Waals surface area contributed by atoms with Crippen LogP contribution in [-0.2, 0) is 4.79 Å². The summed E-state index contributed by atoms with van der Waals surface area (Å²) in [6.07, 6.45) is 6.24. The van der Waals surface area contributed by atoms with E-state index in [1.54, 1.807) is 0 Å². The van der Waals surface area contributed by atoms with Crippen LogP contribution in [0.2, 0.25) is 0 Å². The van der Waals surface area contributed by atoms with Crippen LogP contribution < -0.4 is 5.32 Å². The molecule has 1 aliphatic heterocycles. The van der Waals surface area contributed by atoms with E-state index in [1.165, 1.54) is 32.1 Å². The molecule has 1 N–H and O–H groups in total. The fraction of sp³-hybridized carbons (Fsp3) is 0.923. The van der Waals surface area contributed by atoms with Crippen molar-refractivity contribution in [2.45, 2.75) is 44.2 Å². The van der Waals surface area contributed by atoms with Crippen molar-refractivity contribution in [3.8, 4) is 0 Å². The second-order valence-corrected chi connectivity index (χ2v) is 5.58. The SMILES string of the molecule is CN(CC(=O)N(C)C1CC1)CC1CCCCN1. The Morgan fingerprint density at radius 1 is 1.24 bits per heavy atom. The summed E-state index contributed by atoms with van der Waals surface area (Å²) in [4.78, 5) is 16.0. The average molecular weight is 239 g/mol. The van der Waals surface area contributed by atoms with E-state index in [4.69, 9.17) is 0 Å². The van der Waals surface area contributed by atoms with Crippen molar-refractivity contribution in [3.63, 3.8) is 0 Å².